The Hall–Kier alpha value is -0.450. The number of rotatable bonds is 4. The first kappa shape index (κ1) is 12.0. The molecule has 3 nitrogen and oxygen atoms in total. The summed E-state index contributed by atoms with van der Waals surface area (Å²) in [5.41, 5.74) is 6.43. The molecule has 0 bridgehead atoms. The molecule has 0 amide bonds. The summed E-state index contributed by atoms with van der Waals surface area (Å²) >= 11 is 1.77. The lowest BCUT2D eigenvalue weighted by Crippen LogP contribution is -2.42. The van der Waals surface area contributed by atoms with Crippen LogP contribution >= 0.6 is 11.3 Å². The van der Waals surface area contributed by atoms with Crippen molar-refractivity contribution in [3.05, 3.63) is 16.1 Å². The summed E-state index contributed by atoms with van der Waals surface area (Å²) in [7, 11) is 0. The van der Waals surface area contributed by atoms with Crippen LogP contribution in [0, 0.1) is 12.3 Å². The molecule has 1 aliphatic carbocycles. The minimum atomic E-state index is 0.284. The van der Waals surface area contributed by atoms with E-state index >= 15 is 0 Å². The van der Waals surface area contributed by atoms with Gasteiger partial charge in [0.25, 0.3) is 0 Å². The van der Waals surface area contributed by atoms with Gasteiger partial charge in [0.2, 0.25) is 0 Å². The van der Waals surface area contributed by atoms with E-state index in [1.807, 2.05) is 6.20 Å². The van der Waals surface area contributed by atoms with Crippen LogP contribution in [0.4, 0.5) is 0 Å². The second-order valence-electron chi connectivity index (χ2n) is 5.12. The third-order valence-electron chi connectivity index (χ3n) is 3.63. The molecule has 0 spiro atoms. The Labute approximate surface area is 101 Å². The fraction of sp³-hybridized carbons (Fsp3) is 0.750. The third kappa shape index (κ3) is 2.62. The number of aryl methyl sites for hydroxylation is 1. The minimum Gasteiger partial charge on any atom is -0.327 e. The number of hydrogen-bond acceptors (Lipinski definition) is 4. The SMILES string of the molecule is Cc1cnc(CNCC2(C)CCCC2N)s1. The second-order valence-corrected chi connectivity index (χ2v) is 6.44. The lowest BCUT2D eigenvalue weighted by Gasteiger charge is -2.29. The zero-order chi connectivity index (χ0) is 11.6. The number of nitrogens with one attached hydrogen (secondary N) is 1. The Kier molecular flexibility index (Phi) is 3.62. The van der Waals surface area contributed by atoms with Crippen LogP contribution in [0.3, 0.4) is 0 Å². The van der Waals surface area contributed by atoms with Crippen molar-refractivity contribution in [2.24, 2.45) is 11.1 Å². The predicted octanol–water partition coefficient (Wildman–Crippen LogP) is 2.06. The molecule has 0 aromatic carbocycles. The average Bonchev–Trinajstić information content (AvgIpc) is 2.76. The number of nitrogens with two attached hydrogens (primary N) is 1. The maximum Gasteiger partial charge on any atom is 0.107 e. The molecule has 3 N–H and O–H groups in total. The highest BCUT2D eigenvalue weighted by Gasteiger charge is 2.35. The molecule has 0 saturated heterocycles. The number of hydrogen-bond donors (Lipinski definition) is 2. The Morgan fingerprint density at radius 3 is 3.06 bits per heavy atom. The molecule has 0 radical (unpaired) electrons. The summed E-state index contributed by atoms with van der Waals surface area (Å²) in [4.78, 5) is 5.62. The smallest absolute Gasteiger partial charge is 0.107 e. The van der Waals surface area contributed by atoms with E-state index in [1.165, 1.54) is 29.1 Å². The molecule has 2 rings (SSSR count). The molecule has 1 saturated carbocycles. The van der Waals surface area contributed by atoms with Crippen molar-refractivity contribution in [2.75, 3.05) is 6.54 Å². The Bertz CT molecular complexity index is 350. The summed E-state index contributed by atoms with van der Waals surface area (Å²) in [6.07, 6.45) is 5.63. The van der Waals surface area contributed by atoms with Gasteiger partial charge in [0.15, 0.2) is 0 Å². The third-order valence-corrected chi connectivity index (χ3v) is 4.55. The lowest BCUT2D eigenvalue weighted by molar-refractivity contribution is 0.277. The van der Waals surface area contributed by atoms with Crippen molar-refractivity contribution >= 4 is 11.3 Å². The fourth-order valence-corrected chi connectivity index (χ4v) is 3.17. The molecule has 1 fully saturated rings. The van der Waals surface area contributed by atoms with E-state index in [2.05, 4.69) is 24.1 Å². The summed E-state index contributed by atoms with van der Waals surface area (Å²) in [5, 5.41) is 4.67. The molecular formula is C12H21N3S. The van der Waals surface area contributed by atoms with Crippen LogP contribution in [-0.4, -0.2) is 17.6 Å². The van der Waals surface area contributed by atoms with E-state index < -0.39 is 0 Å². The van der Waals surface area contributed by atoms with Crippen LogP contribution in [0.25, 0.3) is 0 Å². The molecular weight excluding hydrogens is 218 g/mol. The average molecular weight is 239 g/mol. The standard InChI is InChI=1S/C12H21N3S/c1-9-6-15-11(16-9)7-14-8-12(2)5-3-4-10(12)13/h6,10,14H,3-5,7-8,13H2,1-2H3. The molecule has 1 aliphatic rings. The van der Waals surface area contributed by atoms with Crippen molar-refractivity contribution in [3.63, 3.8) is 0 Å². The molecule has 4 heteroatoms. The number of thiazole rings is 1. The summed E-state index contributed by atoms with van der Waals surface area (Å²) in [6.45, 7) is 6.27. The van der Waals surface area contributed by atoms with Crippen molar-refractivity contribution in [3.8, 4) is 0 Å². The summed E-state index contributed by atoms with van der Waals surface area (Å²) in [5.74, 6) is 0. The van der Waals surface area contributed by atoms with Gasteiger partial charge < -0.3 is 11.1 Å². The van der Waals surface area contributed by atoms with Gasteiger partial charge in [-0.1, -0.05) is 13.3 Å². The maximum absolute atomic E-state index is 6.14. The normalized spacial score (nSPS) is 29.8. The molecule has 1 aromatic rings. The van der Waals surface area contributed by atoms with Gasteiger partial charge in [-0.2, -0.15) is 0 Å². The van der Waals surface area contributed by atoms with Gasteiger partial charge >= 0.3 is 0 Å². The van der Waals surface area contributed by atoms with E-state index in [0.717, 1.165) is 13.1 Å². The zero-order valence-corrected chi connectivity index (χ0v) is 10.9. The Morgan fingerprint density at radius 1 is 1.69 bits per heavy atom. The molecule has 1 aromatic heterocycles. The highest BCUT2D eigenvalue weighted by atomic mass is 32.1. The largest absolute Gasteiger partial charge is 0.327 e. The van der Waals surface area contributed by atoms with Gasteiger partial charge in [-0.3, -0.25) is 0 Å². The van der Waals surface area contributed by atoms with Gasteiger partial charge in [-0.05, 0) is 25.2 Å². The lowest BCUT2D eigenvalue weighted by atomic mass is 9.85. The van der Waals surface area contributed by atoms with Gasteiger partial charge in [0.05, 0.1) is 0 Å². The molecule has 0 aliphatic heterocycles. The fourth-order valence-electron chi connectivity index (χ4n) is 2.42. The number of aromatic nitrogens is 1. The van der Waals surface area contributed by atoms with Crippen molar-refractivity contribution in [1.29, 1.82) is 0 Å². The van der Waals surface area contributed by atoms with Gasteiger partial charge in [-0.15, -0.1) is 11.3 Å². The zero-order valence-electron chi connectivity index (χ0n) is 10.1. The highest BCUT2D eigenvalue weighted by molar-refractivity contribution is 7.11. The predicted molar refractivity (Wildman–Crippen MR) is 68.5 cm³/mol. The topological polar surface area (TPSA) is 50.9 Å². The monoisotopic (exact) mass is 239 g/mol. The maximum atomic E-state index is 6.14. The number of nitrogens with zero attached hydrogens (tertiary/aromatic N) is 1. The van der Waals surface area contributed by atoms with Crippen LogP contribution in [-0.2, 0) is 6.54 Å². The van der Waals surface area contributed by atoms with Crippen LogP contribution in [0.5, 0.6) is 0 Å². The van der Waals surface area contributed by atoms with E-state index in [9.17, 15) is 0 Å². The highest BCUT2D eigenvalue weighted by Crippen LogP contribution is 2.35. The van der Waals surface area contributed by atoms with Gasteiger partial charge in [0.1, 0.15) is 5.01 Å². The van der Waals surface area contributed by atoms with Crippen LogP contribution in [0.2, 0.25) is 0 Å². The Balaban J connectivity index is 1.79. The molecule has 2 unspecified atom stereocenters. The van der Waals surface area contributed by atoms with E-state index in [0.29, 0.717) is 6.04 Å². The molecule has 16 heavy (non-hydrogen) atoms. The molecule has 90 valence electrons. The van der Waals surface area contributed by atoms with Crippen molar-refractivity contribution < 1.29 is 0 Å². The molecule has 1 heterocycles. The van der Waals surface area contributed by atoms with Gasteiger partial charge in [-0.25, -0.2) is 4.98 Å². The Morgan fingerprint density at radius 2 is 2.50 bits per heavy atom. The van der Waals surface area contributed by atoms with E-state index in [4.69, 9.17) is 5.73 Å². The molecule has 2 atom stereocenters. The van der Waals surface area contributed by atoms with Gasteiger partial charge in [0, 0.05) is 30.2 Å². The first-order valence-corrected chi connectivity index (χ1v) is 6.79. The van der Waals surface area contributed by atoms with Crippen LogP contribution < -0.4 is 11.1 Å². The first-order chi connectivity index (χ1) is 7.60. The summed E-state index contributed by atoms with van der Waals surface area (Å²) in [6, 6.07) is 0.359. The van der Waals surface area contributed by atoms with Crippen molar-refractivity contribution in [2.45, 2.75) is 45.7 Å². The van der Waals surface area contributed by atoms with Crippen LogP contribution in [0.1, 0.15) is 36.1 Å². The minimum absolute atomic E-state index is 0.284. The summed E-state index contributed by atoms with van der Waals surface area (Å²) < 4.78 is 0. The quantitative estimate of drug-likeness (QED) is 0.845. The van der Waals surface area contributed by atoms with E-state index in [1.54, 1.807) is 11.3 Å². The van der Waals surface area contributed by atoms with Crippen LogP contribution in [0.15, 0.2) is 6.20 Å². The van der Waals surface area contributed by atoms with Crippen molar-refractivity contribution in [1.82, 2.24) is 10.3 Å². The second kappa shape index (κ2) is 4.82. The van der Waals surface area contributed by atoms with E-state index in [-0.39, 0.29) is 5.41 Å². The first-order valence-electron chi connectivity index (χ1n) is 5.98.